The Hall–Kier alpha value is -1.08. The highest BCUT2D eigenvalue weighted by atomic mass is 16.1. The highest BCUT2D eigenvalue weighted by Gasteiger charge is 2.16. The van der Waals surface area contributed by atoms with Gasteiger partial charge in [-0.2, -0.15) is 5.26 Å². The summed E-state index contributed by atoms with van der Waals surface area (Å²) in [6.45, 7) is 5.14. The molecule has 0 saturated heterocycles. The van der Waals surface area contributed by atoms with E-state index in [9.17, 15) is 4.79 Å². The third-order valence-corrected chi connectivity index (χ3v) is 2.34. The van der Waals surface area contributed by atoms with Gasteiger partial charge in [-0.1, -0.05) is 0 Å². The first-order valence-electron chi connectivity index (χ1n) is 5.21. The number of nitriles is 1. The zero-order valence-corrected chi connectivity index (χ0v) is 10.1. The van der Waals surface area contributed by atoms with Crippen molar-refractivity contribution >= 4 is 5.91 Å². The van der Waals surface area contributed by atoms with Gasteiger partial charge < -0.3 is 5.32 Å². The molecule has 4 heteroatoms. The van der Waals surface area contributed by atoms with Crippen LogP contribution in [0.4, 0.5) is 0 Å². The average molecular weight is 211 g/mol. The maximum atomic E-state index is 11.0. The Morgan fingerprint density at radius 1 is 1.53 bits per heavy atom. The molecule has 4 nitrogen and oxygen atoms in total. The average Bonchev–Trinajstić information content (AvgIpc) is 2.17. The summed E-state index contributed by atoms with van der Waals surface area (Å²) in [4.78, 5) is 13.0. The molecule has 15 heavy (non-hydrogen) atoms. The molecule has 0 heterocycles. The van der Waals surface area contributed by atoms with E-state index in [1.165, 1.54) is 0 Å². The lowest BCUT2D eigenvalue weighted by Crippen LogP contribution is -2.33. The van der Waals surface area contributed by atoms with Crippen molar-refractivity contribution in [2.75, 3.05) is 27.2 Å². The fraction of sp³-hybridized carbons (Fsp3) is 0.818. The minimum absolute atomic E-state index is 0.0250. The highest BCUT2D eigenvalue weighted by molar-refractivity contribution is 5.77. The molecule has 0 atom stereocenters. The van der Waals surface area contributed by atoms with Crippen LogP contribution in [0.15, 0.2) is 0 Å². The maximum Gasteiger partial charge on any atom is 0.233 e. The van der Waals surface area contributed by atoms with Gasteiger partial charge >= 0.3 is 0 Å². The number of nitrogens with zero attached hydrogens (tertiary/aromatic N) is 2. The molecule has 0 aromatic rings. The SMILES string of the molecule is CNC(=O)CN(C)CCCC(C)(C)C#N. The van der Waals surface area contributed by atoms with Gasteiger partial charge in [0.25, 0.3) is 0 Å². The molecule has 0 rings (SSSR count). The molecule has 0 aromatic heterocycles. The Balaban J connectivity index is 3.69. The minimum atomic E-state index is -0.256. The predicted octanol–water partition coefficient (Wildman–Crippen LogP) is 0.994. The van der Waals surface area contributed by atoms with E-state index in [1.807, 2.05) is 25.8 Å². The summed E-state index contributed by atoms with van der Waals surface area (Å²) >= 11 is 0. The summed E-state index contributed by atoms with van der Waals surface area (Å²) in [5.74, 6) is 0.0250. The zero-order valence-electron chi connectivity index (χ0n) is 10.1. The molecular weight excluding hydrogens is 190 g/mol. The standard InChI is InChI=1S/C11H21N3O/c1-11(2,9-12)6-5-7-14(4)8-10(15)13-3/h5-8H2,1-4H3,(H,13,15). The van der Waals surface area contributed by atoms with Crippen LogP contribution in [0.5, 0.6) is 0 Å². The lowest BCUT2D eigenvalue weighted by Gasteiger charge is -2.19. The van der Waals surface area contributed by atoms with Gasteiger partial charge in [0.1, 0.15) is 0 Å². The zero-order chi connectivity index (χ0) is 11.9. The van der Waals surface area contributed by atoms with Gasteiger partial charge in [0.15, 0.2) is 0 Å². The van der Waals surface area contributed by atoms with E-state index in [0.717, 1.165) is 19.4 Å². The van der Waals surface area contributed by atoms with Crippen molar-refractivity contribution in [3.8, 4) is 6.07 Å². The Kier molecular flexibility index (Phi) is 5.95. The van der Waals surface area contributed by atoms with Crippen LogP contribution >= 0.6 is 0 Å². The Bertz CT molecular complexity index is 243. The molecule has 0 saturated carbocycles. The molecule has 0 aliphatic carbocycles. The molecule has 0 radical (unpaired) electrons. The molecule has 0 bridgehead atoms. The van der Waals surface area contributed by atoms with Crippen LogP contribution in [0.2, 0.25) is 0 Å². The van der Waals surface area contributed by atoms with Crippen LogP contribution in [0.25, 0.3) is 0 Å². The van der Waals surface area contributed by atoms with Gasteiger partial charge in [0, 0.05) is 7.05 Å². The molecule has 0 fully saturated rings. The second-order valence-electron chi connectivity index (χ2n) is 4.51. The van der Waals surface area contributed by atoms with E-state index < -0.39 is 0 Å². The summed E-state index contributed by atoms with van der Waals surface area (Å²) < 4.78 is 0. The van der Waals surface area contributed by atoms with Gasteiger partial charge in [0.2, 0.25) is 5.91 Å². The molecule has 86 valence electrons. The molecule has 0 aliphatic heterocycles. The molecule has 1 amide bonds. The number of carbonyl (C=O) groups excluding carboxylic acids is 1. The summed E-state index contributed by atoms with van der Waals surface area (Å²) in [5, 5.41) is 11.4. The summed E-state index contributed by atoms with van der Waals surface area (Å²) in [7, 11) is 3.55. The summed E-state index contributed by atoms with van der Waals surface area (Å²) in [5.41, 5.74) is -0.256. The Morgan fingerprint density at radius 3 is 2.60 bits per heavy atom. The second kappa shape index (κ2) is 6.41. The van der Waals surface area contributed by atoms with Crippen LogP contribution in [0.1, 0.15) is 26.7 Å². The number of hydrogen-bond donors (Lipinski definition) is 1. The Morgan fingerprint density at radius 2 is 2.13 bits per heavy atom. The van der Waals surface area contributed by atoms with E-state index in [2.05, 4.69) is 11.4 Å². The van der Waals surface area contributed by atoms with E-state index >= 15 is 0 Å². The lowest BCUT2D eigenvalue weighted by atomic mass is 9.90. The van der Waals surface area contributed by atoms with Gasteiger partial charge in [0.05, 0.1) is 18.0 Å². The fourth-order valence-corrected chi connectivity index (χ4v) is 1.25. The summed E-state index contributed by atoms with van der Waals surface area (Å²) in [6, 6.07) is 2.27. The number of hydrogen-bond acceptors (Lipinski definition) is 3. The van der Waals surface area contributed by atoms with Crippen molar-refractivity contribution in [3.05, 3.63) is 0 Å². The van der Waals surface area contributed by atoms with Crippen molar-refractivity contribution in [2.45, 2.75) is 26.7 Å². The summed E-state index contributed by atoms with van der Waals surface area (Å²) in [6.07, 6.45) is 1.80. The van der Waals surface area contributed by atoms with Gasteiger partial charge in [-0.25, -0.2) is 0 Å². The molecule has 0 aromatic carbocycles. The van der Waals surface area contributed by atoms with E-state index in [0.29, 0.717) is 6.54 Å². The fourth-order valence-electron chi connectivity index (χ4n) is 1.25. The topological polar surface area (TPSA) is 56.1 Å². The van der Waals surface area contributed by atoms with Crippen LogP contribution in [0.3, 0.4) is 0 Å². The maximum absolute atomic E-state index is 11.0. The predicted molar refractivity (Wildman–Crippen MR) is 60.2 cm³/mol. The number of likely N-dealkylation sites (N-methyl/N-ethyl adjacent to an activating group) is 2. The van der Waals surface area contributed by atoms with Crippen molar-refractivity contribution in [3.63, 3.8) is 0 Å². The van der Waals surface area contributed by atoms with Crippen molar-refractivity contribution in [1.82, 2.24) is 10.2 Å². The first-order valence-corrected chi connectivity index (χ1v) is 5.21. The van der Waals surface area contributed by atoms with Crippen LogP contribution in [0, 0.1) is 16.7 Å². The van der Waals surface area contributed by atoms with Gasteiger partial charge in [-0.15, -0.1) is 0 Å². The number of amides is 1. The smallest absolute Gasteiger partial charge is 0.233 e. The second-order valence-corrected chi connectivity index (χ2v) is 4.51. The van der Waals surface area contributed by atoms with Crippen molar-refractivity contribution in [2.24, 2.45) is 5.41 Å². The molecule has 0 aliphatic rings. The molecular formula is C11H21N3O. The largest absolute Gasteiger partial charge is 0.358 e. The van der Waals surface area contributed by atoms with E-state index in [1.54, 1.807) is 7.05 Å². The number of nitrogens with one attached hydrogen (secondary N) is 1. The number of carbonyl (C=O) groups is 1. The third kappa shape index (κ3) is 6.92. The lowest BCUT2D eigenvalue weighted by molar-refractivity contribution is -0.121. The van der Waals surface area contributed by atoms with E-state index in [-0.39, 0.29) is 11.3 Å². The highest BCUT2D eigenvalue weighted by Crippen LogP contribution is 2.20. The van der Waals surface area contributed by atoms with Crippen molar-refractivity contribution < 1.29 is 4.79 Å². The monoisotopic (exact) mass is 211 g/mol. The quantitative estimate of drug-likeness (QED) is 0.713. The van der Waals surface area contributed by atoms with Crippen LogP contribution in [-0.4, -0.2) is 38.0 Å². The Labute approximate surface area is 92.3 Å². The minimum Gasteiger partial charge on any atom is -0.358 e. The third-order valence-electron chi connectivity index (χ3n) is 2.34. The normalized spacial score (nSPS) is 11.2. The van der Waals surface area contributed by atoms with E-state index in [4.69, 9.17) is 5.26 Å². The van der Waals surface area contributed by atoms with Crippen LogP contribution < -0.4 is 5.32 Å². The first kappa shape index (κ1) is 13.9. The van der Waals surface area contributed by atoms with Gasteiger partial charge in [-0.3, -0.25) is 9.69 Å². The molecule has 1 N–H and O–H groups in total. The molecule has 0 unspecified atom stereocenters. The van der Waals surface area contributed by atoms with Crippen molar-refractivity contribution in [1.29, 1.82) is 5.26 Å². The van der Waals surface area contributed by atoms with Crippen LogP contribution in [-0.2, 0) is 4.79 Å². The number of rotatable bonds is 6. The first-order chi connectivity index (χ1) is 6.91. The van der Waals surface area contributed by atoms with Gasteiger partial charge in [-0.05, 0) is 40.3 Å². The molecule has 0 spiro atoms.